The Kier molecular flexibility index (Phi) is 6.25. The van der Waals surface area contributed by atoms with E-state index in [0.717, 1.165) is 12.8 Å². The van der Waals surface area contributed by atoms with Crippen LogP contribution in [0.5, 0.6) is 11.5 Å². The lowest BCUT2D eigenvalue weighted by atomic mass is 10.1. The number of nitrogens with zero attached hydrogens (tertiary/aromatic N) is 1. The molecule has 2 heterocycles. The van der Waals surface area contributed by atoms with Crippen molar-refractivity contribution in [2.24, 2.45) is 0 Å². The van der Waals surface area contributed by atoms with Crippen molar-refractivity contribution in [1.29, 1.82) is 0 Å². The maximum absolute atomic E-state index is 12.5. The van der Waals surface area contributed by atoms with Crippen LogP contribution in [0.2, 0.25) is 0 Å². The molecule has 142 valence electrons. The average molecular weight is 372 g/mol. The molecule has 1 aromatic carbocycles. The third-order valence-electron chi connectivity index (χ3n) is 3.99. The van der Waals surface area contributed by atoms with E-state index in [1.807, 2.05) is 25.1 Å². The lowest BCUT2D eigenvalue weighted by molar-refractivity contribution is -0.686. The van der Waals surface area contributed by atoms with Gasteiger partial charge in [0.15, 0.2) is 23.9 Å². The number of ether oxygens (including phenoxy) is 4. The van der Waals surface area contributed by atoms with Gasteiger partial charge in [0, 0.05) is 17.7 Å². The summed E-state index contributed by atoms with van der Waals surface area (Å²) in [5.41, 5.74) is 0.479. The minimum atomic E-state index is -1.16. The van der Waals surface area contributed by atoms with E-state index in [0.29, 0.717) is 17.1 Å². The number of rotatable bonds is 8. The molecule has 0 N–H and O–H groups in total. The summed E-state index contributed by atoms with van der Waals surface area (Å²) in [6, 6.07) is 10.5. The second kappa shape index (κ2) is 9.02. The fourth-order valence-electron chi connectivity index (χ4n) is 2.58. The van der Waals surface area contributed by atoms with Crippen molar-refractivity contribution < 1.29 is 33.1 Å². The molecule has 1 aliphatic heterocycles. The number of unbranched alkanes of at least 4 members (excludes halogenated alkanes) is 1. The predicted octanol–water partition coefficient (Wildman–Crippen LogP) is 2.33. The van der Waals surface area contributed by atoms with E-state index in [1.54, 1.807) is 35.2 Å². The highest BCUT2D eigenvalue weighted by Gasteiger charge is 2.29. The molecule has 7 nitrogen and oxygen atoms in total. The summed E-state index contributed by atoms with van der Waals surface area (Å²) in [5, 5.41) is 0. The van der Waals surface area contributed by atoms with Crippen molar-refractivity contribution in [2.45, 2.75) is 32.4 Å². The van der Waals surface area contributed by atoms with E-state index in [2.05, 4.69) is 0 Å². The maximum Gasteiger partial charge on any atom is 0.373 e. The van der Waals surface area contributed by atoms with Crippen LogP contribution in [0.15, 0.2) is 48.8 Å². The second-order valence-corrected chi connectivity index (χ2v) is 6.05. The monoisotopic (exact) mass is 372 g/mol. The summed E-state index contributed by atoms with van der Waals surface area (Å²) in [4.78, 5) is 24.9. The largest absolute Gasteiger partial charge is 0.463 e. The Labute approximate surface area is 157 Å². The molecule has 1 unspecified atom stereocenters. The van der Waals surface area contributed by atoms with Gasteiger partial charge in [0.25, 0.3) is 0 Å². The van der Waals surface area contributed by atoms with Crippen LogP contribution in [0.1, 0.15) is 31.4 Å². The van der Waals surface area contributed by atoms with E-state index in [-0.39, 0.29) is 19.9 Å². The van der Waals surface area contributed by atoms with Crippen LogP contribution < -0.4 is 14.0 Å². The molecule has 0 spiro atoms. The number of carbonyl (C=O) groups is 2. The van der Waals surface area contributed by atoms with Crippen LogP contribution in [0.4, 0.5) is 0 Å². The number of fused-ring (bicyclic) bond motifs is 1. The van der Waals surface area contributed by atoms with Crippen LogP contribution in [-0.2, 0) is 25.6 Å². The van der Waals surface area contributed by atoms with Gasteiger partial charge in [0.05, 0.1) is 6.61 Å². The molecule has 0 radical (unpaired) electrons. The number of benzene rings is 1. The highest BCUT2D eigenvalue weighted by Crippen LogP contribution is 2.35. The summed E-state index contributed by atoms with van der Waals surface area (Å²) >= 11 is 0. The molecule has 2 aromatic rings. The Morgan fingerprint density at radius 3 is 2.70 bits per heavy atom. The minimum absolute atomic E-state index is 0.00979. The Morgan fingerprint density at radius 1 is 1.15 bits per heavy atom. The predicted molar refractivity (Wildman–Crippen MR) is 93.9 cm³/mol. The zero-order valence-corrected chi connectivity index (χ0v) is 15.1. The third-order valence-corrected chi connectivity index (χ3v) is 3.99. The highest BCUT2D eigenvalue weighted by atomic mass is 16.7. The first-order valence-electron chi connectivity index (χ1n) is 8.87. The molecular weight excluding hydrogens is 350 g/mol. The molecule has 0 fully saturated rings. The van der Waals surface area contributed by atoms with Crippen molar-refractivity contribution in [3.63, 3.8) is 0 Å². The first-order chi connectivity index (χ1) is 13.2. The minimum Gasteiger partial charge on any atom is -0.463 e. The highest BCUT2D eigenvalue weighted by molar-refractivity contribution is 5.80. The van der Waals surface area contributed by atoms with Gasteiger partial charge in [0.1, 0.15) is 0 Å². The number of aromatic nitrogens is 1. The van der Waals surface area contributed by atoms with Crippen LogP contribution >= 0.6 is 0 Å². The zero-order valence-electron chi connectivity index (χ0n) is 15.1. The van der Waals surface area contributed by atoms with Gasteiger partial charge < -0.3 is 18.9 Å². The zero-order chi connectivity index (χ0) is 19.1. The van der Waals surface area contributed by atoms with Crippen molar-refractivity contribution in [2.75, 3.05) is 13.4 Å². The molecule has 1 aliphatic rings. The number of hydrogen-bond acceptors (Lipinski definition) is 6. The molecule has 27 heavy (non-hydrogen) atoms. The van der Waals surface area contributed by atoms with E-state index in [1.165, 1.54) is 0 Å². The second-order valence-electron chi connectivity index (χ2n) is 6.05. The smallest absolute Gasteiger partial charge is 0.373 e. The van der Waals surface area contributed by atoms with Gasteiger partial charge in [-0.15, -0.1) is 0 Å². The average Bonchev–Trinajstić information content (AvgIpc) is 3.15. The Bertz CT molecular complexity index is 792. The van der Waals surface area contributed by atoms with E-state index >= 15 is 0 Å². The summed E-state index contributed by atoms with van der Waals surface area (Å²) in [6.07, 6.45) is 3.97. The normalized spacial score (nSPS) is 13.1. The molecule has 0 amide bonds. The Morgan fingerprint density at radius 2 is 1.93 bits per heavy atom. The lowest BCUT2D eigenvalue weighted by Gasteiger charge is -2.17. The van der Waals surface area contributed by atoms with E-state index in [9.17, 15) is 9.59 Å². The molecule has 0 aliphatic carbocycles. The maximum atomic E-state index is 12.5. The van der Waals surface area contributed by atoms with Gasteiger partial charge in [-0.05, 0) is 18.6 Å². The summed E-state index contributed by atoms with van der Waals surface area (Å²) in [7, 11) is 0. The number of hydrogen-bond donors (Lipinski definition) is 0. The Balaban J connectivity index is 1.74. The molecule has 0 saturated heterocycles. The quantitative estimate of drug-likeness (QED) is 0.402. The Hall–Kier alpha value is -3.09. The third kappa shape index (κ3) is 4.97. The van der Waals surface area contributed by atoms with Crippen molar-refractivity contribution >= 4 is 11.9 Å². The van der Waals surface area contributed by atoms with Gasteiger partial charge in [0.2, 0.25) is 19.4 Å². The van der Waals surface area contributed by atoms with Gasteiger partial charge >= 0.3 is 11.9 Å². The summed E-state index contributed by atoms with van der Waals surface area (Å²) < 4.78 is 23.0. The molecular formula is C20H22NO6+. The number of carbonyl (C=O) groups excluding carboxylic acids is 2. The topological polar surface area (TPSA) is 74.9 Å². The van der Waals surface area contributed by atoms with Crippen LogP contribution in [0.25, 0.3) is 0 Å². The van der Waals surface area contributed by atoms with Gasteiger partial charge in [-0.2, -0.15) is 4.57 Å². The lowest BCUT2D eigenvalue weighted by Crippen LogP contribution is -2.38. The van der Waals surface area contributed by atoms with E-state index < -0.39 is 18.0 Å². The molecule has 1 aromatic heterocycles. The number of pyridine rings is 1. The SMILES string of the molecule is CCCCOC(=O)C(OC(=O)C[n+]1ccccc1)c1ccc2c(c1)OCO2. The molecule has 0 bridgehead atoms. The molecule has 7 heteroatoms. The van der Waals surface area contributed by atoms with Crippen molar-refractivity contribution in [3.05, 3.63) is 54.4 Å². The fourth-order valence-corrected chi connectivity index (χ4v) is 2.58. The molecule has 3 rings (SSSR count). The number of esters is 2. The first kappa shape index (κ1) is 18.7. The van der Waals surface area contributed by atoms with E-state index in [4.69, 9.17) is 18.9 Å². The first-order valence-corrected chi connectivity index (χ1v) is 8.87. The van der Waals surface area contributed by atoms with Crippen molar-refractivity contribution in [1.82, 2.24) is 0 Å². The fraction of sp³-hybridized carbons (Fsp3) is 0.350. The van der Waals surface area contributed by atoms with Crippen molar-refractivity contribution in [3.8, 4) is 11.5 Å². The van der Waals surface area contributed by atoms with Crippen LogP contribution in [0, 0.1) is 0 Å². The van der Waals surface area contributed by atoms with Gasteiger partial charge in [-0.3, -0.25) is 0 Å². The summed E-state index contributed by atoms with van der Waals surface area (Å²) in [6.45, 7) is 2.39. The van der Waals surface area contributed by atoms with Crippen LogP contribution in [0.3, 0.4) is 0 Å². The molecule has 1 atom stereocenters. The molecule has 0 saturated carbocycles. The standard InChI is InChI=1S/C20H22NO6/c1-2-3-11-24-20(23)19(15-7-8-16-17(12-15)26-14-25-16)27-18(22)13-21-9-5-4-6-10-21/h4-10,12,19H,2-3,11,13-14H2,1H3/q+1. The van der Waals surface area contributed by atoms with Gasteiger partial charge in [-0.1, -0.05) is 25.5 Å². The summed E-state index contributed by atoms with van der Waals surface area (Å²) in [5.74, 6) is -0.0506. The van der Waals surface area contributed by atoms with Crippen LogP contribution in [-0.4, -0.2) is 25.3 Å². The van der Waals surface area contributed by atoms with Gasteiger partial charge in [-0.25, -0.2) is 9.59 Å².